The maximum atomic E-state index is 12.6. The number of nitrogens with zero attached hydrogens (tertiary/aromatic N) is 1. The molecule has 0 aromatic heterocycles. The number of hydrogen-bond donors (Lipinski definition) is 0. The summed E-state index contributed by atoms with van der Waals surface area (Å²) < 4.78 is 16.9. The Kier molecular flexibility index (Phi) is 32.3. The molecule has 2 atom stereocenters. The van der Waals surface area contributed by atoms with E-state index < -0.39 is 18.1 Å². The number of likely N-dealkylation sites (N-methyl/N-ethyl adjacent to an activating group) is 1. The van der Waals surface area contributed by atoms with Crippen LogP contribution in [-0.4, -0.2) is 75.5 Å². The summed E-state index contributed by atoms with van der Waals surface area (Å²) in [5.41, 5.74) is 0. The van der Waals surface area contributed by atoms with E-state index in [-0.39, 0.29) is 55.5 Å². The second-order valence-electron chi connectivity index (χ2n) is 13.8. The van der Waals surface area contributed by atoms with Crippen LogP contribution in [0.15, 0.2) is 85.1 Å². The normalized spacial score (nSPS) is 13.9. The van der Waals surface area contributed by atoms with Gasteiger partial charge in [0.2, 0.25) is 0 Å². The van der Waals surface area contributed by atoms with Crippen molar-refractivity contribution in [3.05, 3.63) is 85.1 Å². The van der Waals surface area contributed by atoms with Crippen LogP contribution in [-0.2, 0) is 28.6 Å². The topological polar surface area (TPSA) is 102 Å². The number of esters is 2. The molecule has 0 spiro atoms. The average molecular weight is 726 g/mol. The first kappa shape index (κ1) is 48.5. The van der Waals surface area contributed by atoms with E-state index >= 15 is 0 Å². The lowest BCUT2D eigenvalue weighted by atomic mass is 10.1. The molecule has 0 N–H and O–H groups in total. The predicted octanol–water partition coefficient (Wildman–Crippen LogP) is 8.85. The van der Waals surface area contributed by atoms with Crippen LogP contribution in [0.5, 0.6) is 0 Å². The van der Waals surface area contributed by atoms with Gasteiger partial charge in [-0.2, -0.15) is 0 Å². The maximum Gasteiger partial charge on any atom is 0.306 e. The first-order chi connectivity index (χ1) is 25.1. The highest BCUT2D eigenvalue weighted by Gasteiger charge is 2.25. The van der Waals surface area contributed by atoms with E-state index in [0.29, 0.717) is 12.8 Å². The van der Waals surface area contributed by atoms with E-state index in [1.807, 2.05) is 12.2 Å². The van der Waals surface area contributed by atoms with Crippen LogP contribution in [0.3, 0.4) is 0 Å². The van der Waals surface area contributed by atoms with E-state index in [1.54, 1.807) is 21.1 Å². The molecule has 8 nitrogen and oxygen atoms in total. The molecule has 0 fully saturated rings. The van der Waals surface area contributed by atoms with E-state index in [4.69, 9.17) is 14.2 Å². The number of quaternary nitrogens is 1. The van der Waals surface area contributed by atoms with Gasteiger partial charge in [0.05, 0.1) is 40.3 Å². The Bertz CT molecular complexity index is 1120. The van der Waals surface area contributed by atoms with Crippen molar-refractivity contribution in [3.63, 3.8) is 0 Å². The molecular formula is C44H71NO7. The number of carbonyl (C=O) groups is 3. The summed E-state index contributed by atoms with van der Waals surface area (Å²) in [6.45, 7) is 4.36. The lowest BCUT2D eigenvalue weighted by Crippen LogP contribution is -2.55. The van der Waals surface area contributed by atoms with Crippen molar-refractivity contribution in [2.24, 2.45) is 0 Å². The van der Waals surface area contributed by atoms with Crippen molar-refractivity contribution in [2.75, 3.05) is 41.0 Å². The van der Waals surface area contributed by atoms with Crippen molar-refractivity contribution in [1.82, 2.24) is 0 Å². The number of hydrogen-bond acceptors (Lipinski definition) is 7. The monoisotopic (exact) mass is 726 g/mol. The molecule has 0 rings (SSSR count). The van der Waals surface area contributed by atoms with Crippen LogP contribution in [0.2, 0.25) is 0 Å². The van der Waals surface area contributed by atoms with Crippen LogP contribution < -0.4 is 5.11 Å². The van der Waals surface area contributed by atoms with Gasteiger partial charge in [0.25, 0.3) is 0 Å². The van der Waals surface area contributed by atoms with E-state index in [0.717, 1.165) is 51.4 Å². The Labute approximate surface area is 316 Å². The largest absolute Gasteiger partial charge is 0.544 e. The highest BCUT2D eigenvalue weighted by Crippen LogP contribution is 2.10. The van der Waals surface area contributed by atoms with Crippen molar-refractivity contribution in [2.45, 2.75) is 135 Å². The van der Waals surface area contributed by atoms with Crippen LogP contribution in [0, 0.1) is 0 Å². The van der Waals surface area contributed by atoms with Crippen molar-refractivity contribution in [1.29, 1.82) is 0 Å². The molecule has 0 radical (unpaired) electrons. The van der Waals surface area contributed by atoms with Crippen LogP contribution in [0.25, 0.3) is 0 Å². The first-order valence-electron chi connectivity index (χ1n) is 19.6. The number of carboxylic acids is 1. The SMILES string of the molecule is CC/C=C/C/C=C/C/C=C/C/C=C/C/C=C/C/C=C/CCC(=O)OCC(COCCC(C(=O)[O-])[N+](C)(C)C)OC(=O)CCC/C=C/CCCCCC. The number of unbranched alkanes of at least 4 members (excludes halogenated alkanes) is 5. The number of carboxylic acid groups (broad SMARTS) is 1. The maximum absolute atomic E-state index is 12.6. The summed E-state index contributed by atoms with van der Waals surface area (Å²) >= 11 is 0. The summed E-state index contributed by atoms with van der Waals surface area (Å²) in [5.74, 6) is -1.90. The van der Waals surface area contributed by atoms with E-state index in [1.165, 1.54) is 25.7 Å². The van der Waals surface area contributed by atoms with Gasteiger partial charge in [-0.05, 0) is 70.6 Å². The van der Waals surface area contributed by atoms with Gasteiger partial charge >= 0.3 is 11.9 Å². The lowest BCUT2D eigenvalue weighted by Gasteiger charge is -2.34. The Morgan fingerprint density at radius 3 is 1.63 bits per heavy atom. The molecule has 0 aliphatic rings. The van der Waals surface area contributed by atoms with Gasteiger partial charge in [-0.3, -0.25) is 9.59 Å². The third kappa shape index (κ3) is 32.4. The number of rotatable bonds is 33. The molecule has 0 aliphatic carbocycles. The van der Waals surface area contributed by atoms with Crippen LogP contribution in [0.4, 0.5) is 0 Å². The molecule has 0 saturated heterocycles. The zero-order valence-electron chi connectivity index (χ0n) is 33.2. The third-order valence-electron chi connectivity index (χ3n) is 8.03. The molecular weight excluding hydrogens is 654 g/mol. The summed E-state index contributed by atoms with van der Waals surface area (Å²) in [4.78, 5) is 36.6. The number of carbonyl (C=O) groups excluding carboxylic acids is 3. The first-order valence-corrected chi connectivity index (χ1v) is 19.6. The van der Waals surface area contributed by atoms with Crippen molar-refractivity contribution in [3.8, 4) is 0 Å². The number of aliphatic carboxylic acids is 1. The zero-order valence-corrected chi connectivity index (χ0v) is 33.2. The predicted molar refractivity (Wildman–Crippen MR) is 212 cm³/mol. The van der Waals surface area contributed by atoms with E-state index in [9.17, 15) is 19.5 Å². The minimum atomic E-state index is -1.14. The van der Waals surface area contributed by atoms with Gasteiger partial charge in [0, 0.05) is 19.3 Å². The van der Waals surface area contributed by atoms with Crippen molar-refractivity contribution >= 4 is 17.9 Å². The fourth-order valence-corrected chi connectivity index (χ4v) is 4.98. The molecule has 0 aromatic rings. The molecule has 0 heterocycles. The summed E-state index contributed by atoms with van der Waals surface area (Å²) in [6.07, 6.45) is 43.5. The summed E-state index contributed by atoms with van der Waals surface area (Å²) in [5, 5.41) is 11.6. The second-order valence-corrected chi connectivity index (χ2v) is 13.8. The molecule has 0 bridgehead atoms. The molecule has 0 amide bonds. The molecule has 0 saturated carbocycles. The lowest BCUT2D eigenvalue weighted by molar-refractivity contribution is -0.889. The van der Waals surface area contributed by atoms with Crippen molar-refractivity contribution < 1.29 is 38.2 Å². The molecule has 0 aromatic carbocycles. The molecule has 0 aliphatic heterocycles. The van der Waals surface area contributed by atoms with Crippen LogP contribution >= 0.6 is 0 Å². The van der Waals surface area contributed by atoms with Gasteiger partial charge in [0.15, 0.2) is 6.10 Å². The molecule has 294 valence electrons. The Hall–Kier alpha value is -3.49. The zero-order chi connectivity index (χ0) is 38.5. The smallest absolute Gasteiger partial charge is 0.306 e. The fraction of sp³-hybridized carbons (Fsp3) is 0.614. The fourth-order valence-electron chi connectivity index (χ4n) is 4.98. The Balaban J connectivity index is 4.52. The summed E-state index contributed by atoms with van der Waals surface area (Å²) in [7, 11) is 5.35. The van der Waals surface area contributed by atoms with Gasteiger partial charge in [-0.15, -0.1) is 0 Å². The molecule has 8 heteroatoms. The minimum absolute atomic E-state index is 0.000738. The minimum Gasteiger partial charge on any atom is -0.544 e. The highest BCUT2D eigenvalue weighted by atomic mass is 16.6. The Morgan fingerprint density at radius 2 is 1.12 bits per heavy atom. The quantitative estimate of drug-likeness (QED) is 0.0288. The van der Waals surface area contributed by atoms with Gasteiger partial charge in [-0.1, -0.05) is 118 Å². The highest BCUT2D eigenvalue weighted by molar-refractivity contribution is 5.70. The molecule has 52 heavy (non-hydrogen) atoms. The van der Waals surface area contributed by atoms with Crippen LogP contribution in [0.1, 0.15) is 123 Å². The number of ether oxygens (including phenoxy) is 3. The third-order valence-corrected chi connectivity index (χ3v) is 8.03. The summed E-state index contributed by atoms with van der Waals surface area (Å²) in [6, 6.07) is -0.743. The average Bonchev–Trinajstić information content (AvgIpc) is 3.09. The number of allylic oxidation sites excluding steroid dienone is 14. The van der Waals surface area contributed by atoms with Gasteiger partial charge in [-0.25, -0.2) is 0 Å². The van der Waals surface area contributed by atoms with Gasteiger partial charge < -0.3 is 28.6 Å². The standard InChI is InChI=1S/C44H71NO7/c1-6-8-10-12-14-16-17-18-19-20-21-22-23-24-25-27-28-30-32-34-42(46)51-39-40(38-50-37-36-41(44(48)49)45(3,4)5)52-43(47)35-33-31-29-26-15-13-11-9-7-2/h8,10,14,16,18-19,21-22,24-26,28-30,40-41H,6-7,9,11-13,15,17,20,23,27,31-39H2,1-5H3/b10-8+,16-14+,19-18+,22-21+,25-24+,29-26+,30-28+. The van der Waals surface area contributed by atoms with Gasteiger partial charge in [0.1, 0.15) is 12.6 Å². The Morgan fingerprint density at radius 1 is 0.596 bits per heavy atom. The molecule has 2 unspecified atom stereocenters. The second kappa shape index (κ2) is 34.6. The van der Waals surface area contributed by atoms with E-state index in [2.05, 4.69) is 86.8 Å².